The third-order valence-corrected chi connectivity index (χ3v) is 12.4. The van der Waals surface area contributed by atoms with Gasteiger partial charge in [0.2, 0.25) is 5.91 Å². The van der Waals surface area contributed by atoms with Crippen molar-refractivity contribution in [2.75, 3.05) is 46.3 Å². The fourth-order valence-electron chi connectivity index (χ4n) is 9.47. The van der Waals surface area contributed by atoms with Gasteiger partial charge in [0.25, 0.3) is 5.91 Å². The summed E-state index contributed by atoms with van der Waals surface area (Å²) in [5.41, 5.74) is 4.41. The highest BCUT2D eigenvalue weighted by molar-refractivity contribution is 5.99. The second-order valence-corrected chi connectivity index (χ2v) is 15.7. The van der Waals surface area contributed by atoms with E-state index < -0.39 is 5.82 Å². The zero-order valence-electron chi connectivity index (χ0n) is 29.7. The molecular weight excluding hydrogens is 603 g/mol. The summed E-state index contributed by atoms with van der Waals surface area (Å²) in [6, 6.07) is 5.89. The Kier molecular flexibility index (Phi) is 9.13. The van der Waals surface area contributed by atoms with E-state index in [4.69, 9.17) is 0 Å². The summed E-state index contributed by atoms with van der Waals surface area (Å²) >= 11 is 0. The van der Waals surface area contributed by atoms with Gasteiger partial charge in [-0.05, 0) is 112 Å². The van der Waals surface area contributed by atoms with E-state index in [9.17, 15) is 14.0 Å². The molecule has 2 unspecified atom stereocenters. The van der Waals surface area contributed by atoms with Crippen molar-refractivity contribution in [3.8, 4) is 5.69 Å². The zero-order valence-corrected chi connectivity index (χ0v) is 29.7. The number of carbonyl (C=O) groups is 2. The monoisotopic (exact) mass is 656 g/mol. The van der Waals surface area contributed by atoms with Crippen molar-refractivity contribution in [1.82, 2.24) is 29.2 Å². The Bertz CT molecular complexity index is 1670. The van der Waals surface area contributed by atoms with Gasteiger partial charge in [0, 0.05) is 82.6 Å². The minimum absolute atomic E-state index is 0.00224. The van der Waals surface area contributed by atoms with Crippen LogP contribution in [0, 0.1) is 36.4 Å². The lowest BCUT2D eigenvalue weighted by Crippen LogP contribution is -2.52. The van der Waals surface area contributed by atoms with Crippen LogP contribution in [0.3, 0.4) is 0 Å². The Morgan fingerprint density at radius 2 is 1.79 bits per heavy atom. The molecule has 0 radical (unpaired) electrons. The Morgan fingerprint density at radius 3 is 2.46 bits per heavy atom. The van der Waals surface area contributed by atoms with E-state index in [1.807, 2.05) is 26.2 Å². The lowest BCUT2D eigenvalue weighted by molar-refractivity contribution is -0.128. The number of rotatable bonds is 9. The van der Waals surface area contributed by atoms with Gasteiger partial charge in [0.1, 0.15) is 5.82 Å². The summed E-state index contributed by atoms with van der Waals surface area (Å²) in [7, 11) is 1.77. The van der Waals surface area contributed by atoms with Gasteiger partial charge < -0.3 is 14.4 Å². The van der Waals surface area contributed by atoms with Crippen LogP contribution in [0.1, 0.15) is 74.9 Å². The van der Waals surface area contributed by atoms with Crippen LogP contribution in [0.4, 0.5) is 4.39 Å². The maximum atomic E-state index is 14.5. The molecule has 1 aliphatic carbocycles. The van der Waals surface area contributed by atoms with Crippen molar-refractivity contribution in [3.05, 3.63) is 59.3 Å². The van der Waals surface area contributed by atoms with Gasteiger partial charge in [-0.15, -0.1) is 0 Å². The molecule has 5 heterocycles. The number of nitrogens with zero attached hydrogens (tertiary/aromatic N) is 6. The molecule has 4 aliphatic rings. The second-order valence-electron chi connectivity index (χ2n) is 15.7. The van der Waals surface area contributed by atoms with Gasteiger partial charge in [0.15, 0.2) is 0 Å². The fourth-order valence-corrected chi connectivity index (χ4v) is 9.47. The van der Waals surface area contributed by atoms with Crippen LogP contribution in [0.5, 0.6) is 0 Å². The molecule has 2 aromatic heterocycles. The molecule has 3 aliphatic heterocycles. The van der Waals surface area contributed by atoms with Gasteiger partial charge in [-0.3, -0.25) is 24.4 Å². The lowest BCUT2D eigenvalue weighted by atomic mass is 9.73. The van der Waals surface area contributed by atoms with Crippen LogP contribution >= 0.6 is 0 Å². The van der Waals surface area contributed by atoms with Crippen molar-refractivity contribution in [1.29, 1.82) is 0 Å². The summed E-state index contributed by atoms with van der Waals surface area (Å²) in [6.07, 6.45) is 11.9. The standard InChI is InChI=1S/C39H53FN6O2/c1-7-35(28-13-33(14-28)45-21-30-19-44(26(5)47)20-31(30)22-45)43-11-10-27(18-43)12-29-23-46(37-17-41-16-25(4)38(29)37)36-9-8-32(40)15-34(36)39(48)42(6)24(2)3/h8-9,15-17,23-24,27-28,30-31,33,35H,7,10-14,18-22H2,1-6H3/t27-,28-,30-,31?,33+,35?/m1/s1. The molecule has 2 amide bonds. The van der Waals surface area contributed by atoms with Gasteiger partial charge in [0.05, 0.1) is 23.0 Å². The third kappa shape index (κ3) is 6.06. The average molecular weight is 657 g/mol. The van der Waals surface area contributed by atoms with Crippen molar-refractivity contribution < 1.29 is 14.0 Å². The normalized spacial score (nSPS) is 26.8. The summed E-state index contributed by atoms with van der Waals surface area (Å²) in [6.45, 7) is 16.6. The quantitative estimate of drug-likeness (QED) is 0.292. The summed E-state index contributed by atoms with van der Waals surface area (Å²) < 4.78 is 16.6. The number of aromatic nitrogens is 2. The largest absolute Gasteiger partial charge is 0.342 e. The van der Waals surface area contributed by atoms with Gasteiger partial charge in [-0.2, -0.15) is 0 Å². The molecule has 48 heavy (non-hydrogen) atoms. The van der Waals surface area contributed by atoms with E-state index in [0.29, 0.717) is 41.1 Å². The smallest absolute Gasteiger partial charge is 0.256 e. The molecule has 0 bridgehead atoms. The summed E-state index contributed by atoms with van der Waals surface area (Å²) in [4.78, 5) is 39.1. The highest BCUT2D eigenvalue weighted by Gasteiger charge is 2.47. The summed E-state index contributed by atoms with van der Waals surface area (Å²) in [5, 5.41) is 1.19. The van der Waals surface area contributed by atoms with Crippen molar-refractivity contribution in [2.24, 2.45) is 23.7 Å². The molecule has 0 N–H and O–H groups in total. The number of pyridine rings is 1. The topological polar surface area (TPSA) is 64.9 Å². The number of likely N-dealkylation sites (tertiary alicyclic amines) is 3. The van der Waals surface area contributed by atoms with Crippen LogP contribution in [0.2, 0.25) is 0 Å². The van der Waals surface area contributed by atoms with Crippen LogP contribution in [-0.2, 0) is 11.2 Å². The molecule has 258 valence electrons. The minimum atomic E-state index is -0.413. The molecule has 3 saturated heterocycles. The molecule has 7 rings (SSSR count). The van der Waals surface area contributed by atoms with Crippen LogP contribution in [0.15, 0.2) is 36.8 Å². The van der Waals surface area contributed by atoms with Gasteiger partial charge in [-0.1, -0.05) is 6.92 Å². The number of amides is 2. The third-order valence-electron chi connectivity index (χ3n) is 12.4. The first-order valence-electron chi connectivity index (χ1n) is 18.3. The van der Waals surface area contributed by atoms with Crippen LogP contribution < -0.4 is 0 Å². The second kappa shape index (κ2) is 13.2. The SMILES string of the molecule is CCC([C@H]1C[C@@H](N2CC3CN(C(C)=O)C[C@@H]3C2)C1)N1CC[C@H](Cc2cn(-c3ccc(F)cc3C(=O)N(C)C(C)C)c3cncc(C)c23)C1. The van der Waals surface area contributed by atoms with E-state index in [2.05, 4.69) is 44.3 Å². The first-order valence-corrected chi connectivity index (χ1v) is 18.3. The molecule has 8 nitrogen and oxygen atoms in total. The number of hydrogen-bond acceptors (Lipinski definition) is 5. The molecule has 1 aromatic carbocycles. The predicted octanol–water partition coefficient (Wildman–Crippen LogP) is 5.79. The van der Waals surface area contributed by atoms with Crippen molar-refractivity contribution in [3.63, 3.8) is 0 Å². The molecule has 0 spiro atoms. The van der Waals surface area contributed by atoms with E-state index >= 15 is 0 Å². The molecule has 4 atom stereocenters. The number of fused-ring (bicyclic) bond motifs is 2. The first-order chi connectivity index (χ1) is 23.0. The number of halogens is 1. The number of aryl methyl sites for hydroxylation is 1. The molecular formula is C39H53FN6O2. The Hall–Kier alpha value is -3.30. The highest BCUT2D eigenvalue weighted by Crippen LogP contribution is 2.43. The maximum Gasteiger partial charge on any atom is 0.256 e. The van der Waals surface area contributed by atoms with Gasteiger partial charge >= 0.3 is 0 Å². The molecule has 3 aromatic rings. The number of carbonyl (C=O) groups excluding carboxylic acids is 2. The van der Waals surface area contributed by atoms with E-state index in [1.54, 1.807) is 24.9 Å². The lowest BCUT2D eigenvalue weighted by Gasteiger charge is -2.47. The Balaban J connectivity index is 1.04. The van der Waals surface area contributed by atoms with E-state index in [1.165, 1.54) is 61.9 Å². The highest BCUT2D eigenvalue weighted by atomic mass is 19.1. The maximum absolute atomic E-state index is 14.5. The number of benzene rings is 1. The molecule has 9 heteroatoms. The first kappa shape index (κ1) is 33.2. The van der Waals surface area contributed by atoms with Gasteiger partial charge in [-0.25, -0.2) is 4.39 Å². The molecule has 1 saturated carbocycles. The summed E-state index contributed by atoms with van der Waals surface area (Å²) in [5.74, 6) is 2.28. The van der Waals surface area contributed by atoms with Crippen molar-refractivity contribution in [2.45, 2.75) is 84.8 Å². The van der Waals surface area contributed by atoms with Crippen LogP contribution in [0.25, 0.3) is 16.6 Å². The van der Waals surface area contributed by atoms with E-state index in [0.717, 1.165) is 49.6 Å². The minimum Gasteiger partial charge on any atom is -0.342 e. The Morgan fingerprint density at radius 1 is 1.06 bits per heavy atom. The predicted molar refractivity (Wildman–Crippen MR) is 188 cm³/mol. The fraction of sp³-hybridized carbons (Fsp3) is 0.615. The van der Waals surface area contributed by atoms with E-state index in [-0.39, 0.29) is 17.9 Å². The molecule has 4 fully saturated rings. The number of hydrogen-bond donors (Lipinski definition) is 0. The van der Waals surface area contributed by atoms with Crippen LogP contribution in [-0.4, -0.2) is 105 Å². The zero-order chi connectivity index (χ0) is 33.9. The van der Waals surface area contributed by atoms with Crippen molar-refractivity contribution >= 4 is 22.7 Å². The average Bonchev–Trinajstić information content (AvgIpc) is 3.82. The Labute approximate surface area is 285 Å².